The van der Waals surface area contributed by atoms with Crippen molar-refractivity contribution in [3.63, 3.8) is 0 Å². The van der Waals surface area contributed by atoms with Gasteiger partial charge < -0.3 is 10.2 Å². The van der Waals surface area contributed by atoms with E-state index in [0.717, 1.165) is 11.8 Å². The third-order valence-electron chi connectivity index (χ3n) is 2.36. The predicted octanol–water partition coefficient (Wildman–Crippen LogP) is 3.17. The highest BCUT2D eigenvalue weighted by molar-refractivity contribution is 9.10. The molecule has 1 aromatic rings. The molecule has 1 rings (SSSR count). The van der Waals surface area contributed by atoms with E-state index in [4.69, 9.17) is 11.6 Å². The van der Waals surface area contributed by atoms with Crippen molar-refractivity contribution in [1.82, 2.24) is 0 Å². The van der Waals surface area contributed by atoms with Crippen LogP contribution >= 0.6 is 39.3 Å². The van der Waals surface area contributed by atoms with Crippen molar-refractivity contribution in [2.45, 2.75) is 25.6 Å². The minimum Gasteiger partial charge on any atom is -0.390 e. The van der Waals surface area contributed by atoms with Crippen LogP contribution in [0.4, 0.5) is 0 Å². The Morgan fingerprint density at radius 1 is 1.50 bits per heavy atom. The Morgan fingerprint density at radius 2 is 2.17 bits per heavy atom. The molecule has 0 saturated carbocycles. The lowest BCUT2D eigenvalue weighted by Gasteiger charge is -2.19. The molecule has 0 saturated heterocycles. The molecule has 0 aliphatic carbocycles. The molecular weight excluding hydrogens is 340 g/mol. The number of hydrogen-bond acceptors (Lipinski definition) is 4. The Kier molecular flexibility index (Phi) is 6.66. The summed E-state index contributed by atoms with van der Waals surface area (Å²) < 4.78 is 0.692. The maximum atomic E-state index is 10.8. The molecule has 0 aromatic heterocycles. The number of rotatable bonds is 5. The van der Waals surface area contributed by atoms with E-state index in [-0.39, 0.29) is 5.12 Å². The molecule has 0 spiro atoms. The number of benzene rings is 1. The van der Waals surface area contributed by atoms with E-state index in [9.17, 15) is 15.0 Å². The fraction of sp³-hybridized carbons (Fsp3) is 0.417. The molecule has 2 N–H and O–H groups in total. The molecule has 0 aliphatic heterocycles. The standard InChI is InChI=1S/C12H14BrClO3S/c1-7(15)18-5-4-11(16)12(17)9-6-8(14)2-3-10(9)13/h2-3,6,11-12,16-17H,4-5H2,1H3. The summed E-state index contributed by atoms with van der Waals surface area (Å²) >= 11 is 10.3. The van der Waals surface area contributed by atoms with Crippen LogP contribution in [0, 0.1) is 0 Å². The summed E-state index contributed by atoms with van der Waals surface area (Å²) in [6, 6.07) is 5.02. The van der Waals surface area contributed by atoms with Gasteiger partial charge in [-0.3, -0.25) is 4.79 Å². The van der Waals surface area contributed by atoms with Gasteiger partial charge in [0, 0.05) is 22.2 Å². The second-order valence-corrected chi connectivity index (χ2v) is 6.37. The Balaban J connectivity index is 2.64. The van der Waals surface area contributed by atoms with Gasteiger partial charge in [-0.1, -0.05) is 39.3 Å². The third-order valence-corrected chi connectivity index (χ3v) is 4.16. The first-order valence-electron chi connectivity index (χ1n) is 5.36. The second-order valence-electron chi connectivity index (χ2n) is 3.81. The second kappa shape index (κ2) is 7.50. The molecule has 2 atom stereocenters. The molecule has 2 unspecified atom stereocenters. The van der Waals surface area contributed by atoms with Crippen LogP contribution in [0.5, 0.6) is 0 Å². The van der Waals surface area contributed by atoms with Crippen molar-refractivity contribution in [1.29, 1.82) is 0 Å². The van der Waals surface area contributed by atoms with Gasteiger partial charge >= 0.3 is 0 Å². The summed E-state index contributed by atoms with van der Waals surface area (Å²) in [6.07, 6.45) is -1.61. The van der Waals surface area contributed by atoms with Crippen LogP contribution in [0.1, 0.15) is 25.0 Å². The van der Waals surface area contributed by atoms with Gasteiger partial charge in [-0.2, -0.15) is 0 Å². The average molecular weight is 354 g/mol. The zero-order valence-corrected chi connectivity index (χ0v) is 12.9. The number of carbonyl (C=O) groups is 1. The minimum absolute atomic E-state index is 0.000580. The predicted molar refractivity (Wildman–Crippen MR) is 77.9 cm³/mol. The SMILES string of the molecule is CC(=O)SCCC(O)C(O)c1cc(Cl)ccc1Br. The molecule has 0 aliphatic rings. The van der Waals surface area contributed by atoms with Gasteiger partial charge in [0.2, 0.25) is 0 Å². The lowest BCUT2D eigenvalue weighted by Crippen LogP contribution is -2.19. The smallest absolute Gasteiger partial charge is 0.185 e. The number of thioether (sulfide) groups is 1. The monoisotopic (exact) mass is 352 g/mol. The van der Waals surface area contributed by atoms with Crippen LogP contribution in [0.2, 0.25) is 5.02 Å². The van der Waals surface area contributed by atoms with Crippen LogP contribution in [0.3, 0.4) is 0 Å². The van der Waals surface area contributed by atoms with Crippen LogP contribution in [-0.2, 0) is 4.79 Å². The third kappa shape index (κ3) is 4.90. The summed E-state index contributed by atoms with van der Waals surface area (Å²) in [7, 11) is 0. The van der Waals surface area contributed by atoms with E-state index in [1.54, 1.807) is 18.2 Å². The van der Waals surface area contributed by atoms with Crippen molar-refractivity contribution in [3.8, 4) is 0 Å². The van der Waals surface area contributed by atoms with Crippen LogP contribution in [0.25, 0.3) is 0 Å². The van der Waals surface area contributed by atoms with Crippen molar-refractivity contribution in [3.05, 3.63) is 33.3 Å². The first kappa shape index (κ1) is 16.0. The highest BCUT2D eigenvalue weighted by Gasteiger charge is 2.20. The van der Waals surface area contributed by atoms with Crippen LogP contribution < -0.4 is 0 Å². The molecule has 1 aromatic carbocycles. The van der Waals surface area contributed by atoms with E-state index in [1.165, 1.54) is 6.92 Å². The van der Waals surface area contributed by atoms with Crippen molar-refractivity contribution in [2.24, 2.45) is 0 Å². The number of aliphatic hydroxyl groups excluding tert-OH is 2. The molecule has 0 heterocycles. The van der Waals surface area contributed by atoms with Gasteiger partial charge in [0.1, 0.15) is 6.10 Å². The van der Waals surface area contributed by atoms with Gasteiger partial charge in [-0.05, 0) is 30.2 Å². The molecule has 0 bridgehead atoms. The lowest BCUT2D eigenvalue weighted by molar-refractivity contribution is -0.109. The number of carbonyl (C=O) groups excluding carboxylic acids is 1. The molecule has 0 fully saturated rings. The molecular formula is C12H14BrClO3S. The largest absolute Gasteiger partial charge is 0.390 e. The van der Waals surface area contributed by atoms with Gasteiger partial charge in [0.15, 0.2) is 5.12 Å². The highest BCUT2D eigenvalue weighted by Crippen LogP contribution is 2.29. The van der Waals surface area contributed by atoms with E-state index >= 15 is 0 Å². The quantitative estimate of drug-likeness (QED) is 0.853. The topological polar surface area (TPSA) is 57.5 Å². The Hall–Kier alpha value is -0.0700. The molecule has 3 nitrogen and oxygen atoms in total. The zero-order valence-electron chi connectivity index (χ0n) is 9.77. The van der Waals surface area contributed by atoms with Gasteiger partial charge in [-0.25, -0.2) is 0 Å². The summed E-state index contributed by atoms with van der Waals surface area (Å²) in [5.41, 5.74) is 0.544. The van der Waals surface area contributed by atoms with Crippen LogP contribution in [0.15, 0.2) is 22.7 Å². The zero-order chi connectivity index (χ0) is 13.7. The number of halogens is 2. The Bertz CT molecular complexity index is 428. The fourth-order valence-electron chi connectivity index (χ4n) is 1.43. The molecule has 6 heteroatoms. The minimum atomic E-state index is -1.02. The molecule has 100 valence electrons. The average Bonchev–Trinajstić information content (AvgIpc) is 2.30. The number of hydrogen-bond donors (Lipinski definition) is 2. The highest BCUT2D eigenvalue weighted by atomic mass is 79.9. The van der Waals surface area contributed by atoms with Crippen molar-refractivity contribution >= 4 is 44.4 Å². The Morgan fingerprint density at radius 3 is 2.78 bits per heavy atom. The van der Waals surface area contributed by atoms with Crippen molar-refractivity contribution < 1.29 is 15.0 Å². The van der Waals surface area contributed by atoms with Crippen LogP contribution in [-0.4, -0.2) is 27.2 Å². The molecule has 0 radical (unpaired) electrons. The van der Waals surface area contributed by atoms with Gasteiger partial charge in [-0.15, -0.1) is 0 Å². The van der Waals surface area contributed by atoms with E-state index in [1.807, 2.05) is 0 Å². The lowest BCUT2D eigenvalue weighted by atomic mass is 10.0. The summed E-state index contributed by atoms with van der Waals surface area (Å²) in [5.74, 6) is 0.478. The van der Waals surface area contributed by atoms with E-state index < -0.39 is 12.2 Å². The summed E-state index contributed by atoms with van der Waals surface area (Å²) in [6.45, 7) is 1.47. The van der Waals surface area contributed by atoms with E-state index in [0.29, 0.717) is 27.2 Å². The molecule has 18 heavy (non-hydrogen) atoms. The summed E-state index contributed by atoms with van der Waals surface area (Å²) in [5, 5.41) is 20.4. The van der Waals surface area contributed by atoms with Gasteiger partial charge in [0.05, 0.1) is 6.10 Å². The first-order valence-corrected chi connectivity index (χ1v) is 7.52. The number of aliphatic hydroxyl groups is 2. The van der Waals surface area contributed by atoms with Crippen molar-refractivity contribution in [2.75, 3.05) is 5.75 Å². The van der Waals surface area contributed by atoms with E-state index in [2.05, 4.69) is 15.9 Å². The normalized spacial score (nSPS) is 14.3. The maximum Gasteiger partial charge on any atom is 0.185 e. The first-order chi connectivity index (χ1) is 8.41. The fourth-order valence-corrected chi connectivity index (χ4v) is 2.74. The molecule has 0 amide bonds. The Labute approximate surface area is 124 Å². The van der Waals surface area contributed by atoms with Gasteiger partial charge in [0.25, 0.3) is 0 Å². The summed E-state index contributed by atoms with van der Waals surface area (Å²) in [4.78, 5) is 10.8. The maximum absolute atomic E-state index is 10.8.